The Bertz CT molecular complexity index is 935. The number of hydrazone groups is 1. The van der Waals surface area contributed by atoms with Crippen molar-refractivity contribution >= 4 is 17.9 Å². The first kappa shape index (κ1) is 19.1. The fourth-order valence-corrected chi connectivity index (χ4v) is 2.60. The molecule has 0 atom stereocenters. The van der Waals surface area contributed by atoms with Crippen LogP contribution in [0.15, 0.2) is 53.9 Å². The number of carbonyl (C=O) groups is 1. The maximum Gasteiger partial charge on any atom is 0.257 e. The Labute approximate surface area is 163 Å². The van der Waals surface area contributed by atoms with E-state index in [1.54, 1.807) is 32.6 Å². The largest absolute Gasteiger partial charge is 0.497 e. The minimum absolute atomic E-state index is 0.211. The van der Waals surface area contributed by atoms with Gasteiger partial charge in [-0.05, 0) is 54.8 Å². The predicted molar refractivity (Wildman–Crippen MR) is 108 cm³/mol. The molecule has 28 heavy (non-hydrogen) atoms. The van der Waals surface area contributed by atoms with Gasteiger partial charge in [0.05, 0.1) is 13.3 Å². The van der Waals surface area contributed by atoms with Gasteiger partial charge in [0.1, 0.15) is 11.3 Å². The zero-order valence-corrected chi connectivity index (χ0v) is 15.8. The lowest BCUT2D eigenvalue weighted by molar-refractivity contribution is 0.0954. The quantitative estimate of drug-likeness (QED) is 0.413. The molecule has 0 aliphatic rings. The zero-order chi connectivity index (χ0) is 19.8. The summed E-state index contributed by atoms with van der Waals surface area (Å²) in [7, 11) is 1.62. The average molecular weight is 378 g/mol. The molecular weight excluding hydrogens is 356 g/mol. The number of carbonyl (C=O) groups excluding carboxylic acids is 1. The first-order chi connectivity index (χ1) is 13.7. The fraction of sp³-hybridized carbons (Fsp3) is 0.200. The Hall–Kier alpha value is -3.68. The molecule has 0 saturated carbocycles. The summed E-state index contributed by atoms with van der Waals surface area (Å²) < 4.78 is 5.13. The van der Waals surface area contributed by atoms with Crippen molar-refractivity contribution in [3.8, 4) is 5.75 Å². The summed E-state index contributed by atoms with van der Waals surface area (Å²) in [6.45, 7) is 2.30. The number of aromatic amines is 1. The number of benzene rings is 1. The second-order valence-corrected chi connectivity index (χ2v) is 6.08. The fourth-order valence-electron chi connectivity index (χ4n) is 2.60. The highest BCUT2D eigenvalue weighted by Gasteiger charge is 2.17. The summed E-state index contributed by atoms with van der Waals surface area (Å²) in [6.07, 6.45) is 5.86. The molecule has 0 aliphatic heterocycles. The number of aromatic nitrogens is 3. The van der Waals surface area contributed by atoms with E-state index in [0.29, 0.717) is 30.0 Å². The molecule has 0 radical (unpaired) electrons. The van der Waals surface area contributed by atoms with Crippen molar-refractivity contribution in [2.24, 2.45) is 5.10 Å². The molecular formula is C20H22N6O2. The molecule has 3 rings (SSSR count). The van der Waals surface area contributed by atoms with E-state index in [2.05, 4.69) is 31.0 Å². The van der Waals surface area contributed by atoms with E-state index in [1.165, 1.54) is 0 Å². The number of methoxy groups -OCH3 is 1. The minimum Gasteiger partial charge on any atom is -0.497 e. The standard InChI is InChI=1S/C20H22N6O2/c1-14-18(20(27)22-11-9-15-4-3-10-21-12-15)19(26-24-14)25-23-13-16-5-7-17(28-2)8-6-16/h3-8,10,12-13H,9,11H2,1-2H3,(H,22,27)(H2,24,25,26)/b23-13+. The van der Waals surface area contributed by atoms with Crippen LogP contribution in [0.2, 0.25) is 0 Å². The number of nitrogens with zero attached hydrogens (tertiary/aromatic N) is 3. The second-order valence-electron chi connectivity index (χ2n) is 6.08. The van der Waals surface area contributed by atoms with Gasteiger partial charge in [0.25, 0.3) is 5.91 Å². The Morgan fingerprint density at radius 2 is 2.11 bits per heavy atom. The van der Waals surface area contributed by atoms with Crippen LogP contribution in [0.3, 0.4) is 0 Å². The molecule has 8 heteroatoms. The highest BCUT2D eigenvalue weighted by Crippen LogP contribution is 2.16. The van der Waals surface area contributed by atoms with Gasteiger partial charge in [0.15, 0.2) is 5.82 Å². The smallest absolute Gasteiger partial charge is 0.257 e. The molecule has 0 spiro atoms. The summed E-state index contributed by atoms with van der Waals surface area (Å²) in [6, 6.07) is 11.3. The van der Waals surface area contributed by atoms with E-state index in [-0.39, 0.29) is 5.91 Å². The van der Waals surface area contributed by atoms with Crippen LogP contribution < -0.4 is 15.5 Å². The van der Waals surface area contributed by atoms with Gasteiger partial charge in [0, 0.05) is 24.6 Å². The highest BCUT2D eigenvalue weighted by molar-refractivity contribution is 6.00. The molecule has 2 heterocycles. The number of nitrogens with one attached hydrogen (secondary N) is 3. The molecule has 3 N–H and O–H groups in total. The van der Waals surface area contributed by atoms with Crippen molar-refractivity contribution in [2.75, 3.05) is 19.1 Å². The molecule has 0 fully saturated rings. The number of hydrogen-bond acceptors (Lipinski definition) is 6. The maximum absolute atomic E-state index is 12.5. The molecule has 0 bridgehead atoms. The van der Waals surface area contributed by atoms with Crippen molar-refractivity contribution in [1.29, 1.82) is 0 Å². The summed E-state index contributed by atoms with van der Waals surface area (Å²) >= 11 is 0. The number of amides is 1. The molecule has 2 aromatic heterocycles. The van der Waals surface area contributed by atoms with E-state index in [9.17, 15) is 4.79 Å². The molecule has 0 unspecified atom stereocenters. The summed E-state index contributed by atoms with van der Waals surface area (Å²) in [4.78, 5) is 16.6. The van der Waals surface area contributed by atoms with Crippen molar-refractivity contribution in [1.82, 2.24) is 20.5 Å². The minimum atomic E-state index is -0.211. The molecule has 0 saturated heterocycles. The molecule has 3 aromatic rings. The zero-order valence-electron chi connectivity index (χ0n) is 15.8. The number of aryl methyl sites for hydroxylation is 1. The van der Waals surface area contributed by atoms with E-state index < -0.39 is 0 Å². The van der Waals surface area contributed by atoms with Crippen LogP contribution in [-0.2, 0) is 6.42 Å². The van der Waals surface area contributed by atoms with Gasteiger partial charge in [-0.3, -0.25) is 20.3 Å². The van der Waals surface area contributed by atoms with Crippen molar-refractivity contribution in [3.63, 3.8) is 0 Å². The molecule has 1 amide bonds. The van der Waals surface area contributed by atoms with Crippen LogP contribution in [-0.4, -0.2) is 41.0 Å². The van der Waals surface area contributed by atoms with Gasteiger partial charge in [0.2, 0.25) is 0 Å². The van der Waals surface area contributed by atoms with Crippen LogP contribution in [0.1, 0.15) is 27.2 Å². The maximum atomic E-state index is 12.5. The van der Waals surface area contributed by atoms with Crippen molar-refractivity contribution in [3.05, 3.63) is 71.2 Å². The third-order valence-corrected chi connectivity index (χ3v) is 4.10. The SMILES string of the molecule is COc1ccc(/C=N/Nc2n[nH]c(C)c2C(=O)NCCc2cccnc2)cc1. The van der Waals surface area contributed by atoms with E-state index in [1.807, 2.05) is 36.4 Å². The first-order valence-corrected chi connectivity index (χ1v) is 8.82. The second kappa shape index (κ2) is 9.31. The van der Waals surface area contributed by atoms with E-state index >= 15 is 0 Å². The molecule has 8 nitrogen and oxygen atoms in total. The number of rotatable bonds is 8. The molecule has 1 aromatic carbocycles. The molecule has 144 valence electrons. The van der Waals surface area contributed by atoms with Crippen LogP contribution in [0, 0.1) is 6.92 Å². The van der Waals surface area contributed by atoms with Crippen LogP contribution in [0.4, 0.5) is 5.82 Å². The highest BCUT2D eigenvalue weighted by atomic mass is 16.5. The van der Waals surface area contributed by atoms with Crippen LogP contribution in [0.5, 0.6) is 5.75 Å². The Kier molecular flexibility index (Phi) is 6.35. The Morgan fingerprint density at radius 1 is 1.29 bits per heavy atom. The number of H-pyrrole nitrogens is 1. The number of ether oxygens (including phenoxy) is 1. The monoisotopic (exact) mass is 378 g/mol. The molecule has 0 aliphatic carbocycles. The van der Waals surface area contributed by atoms with Gasteiger partial charge in [-0.15, -0.1) is 0 Å². The number of pyridine rings is 1. The van der Waals surface area contributed by atoms with E-state index in [0.717, 1.165) is 16.9 Å². The third kappa shape index (κ3) is 4.94. The van der Waals surface area contributed by atoms with Gasteiger partial charge in [-0.25, -0.2) is 0 Å². The number of hydrogen-bond donors (Lipinski definition) is 3. The summed E-state index contributed by atoms with van der Waals surface area (Å²) in [5.74, 6) is 0.941. The lowest BCUT2D eigenvalue weighted by Crippen LogP contribution is -2.26. The van der Waals surface area contributed by atoms with Gasteiger partial charge >= 0.3 is 0 Å². The lowest BCUT2D eigenvalue weighted by atomic mass is 10.2. The van der Waals surface area contributed by atoms with Crippen molar-refractivity contribution < 1.29 is 9.53 Å². The first-order valence-electron chi connectivity index (χ1n) is 8.82. The summed E-state index contributed by atoms with van der Waals surface area (Å²) in [5.41, 5.74) is 5.89. The van der Waals surface area contributed by atoms with Crippen LogP contribution in [0.25, 0.3) is 0 Å². The summed E-state index contributed by atoms with van der Waals surface area (Å²) in [5, 5.41) is 14.0. The normalized spacial score (nSPS) is 10.8. The topological polar surface area (TPSA) is 104 Å². The number of anilines is 1. The predicted octanol–water partition coefficient (Wildman–Crippen LogP) is 2.54. The average Bonchev–Trinajstić information content (AvgIpc) is 3.09. The van der Waals surface area contributed by atoms with Crippen LogP contribution >= 0.6 is 0 Å². The van der Waals surface area contributed by atoms with Crippen molar-refractivity contribution in [2.45, 2.75) is 13.3 Å². The van der Waals surface area contributed by atoms with E-state index in [4.69, 9.17) is 4.74 Å². The Morgan fingerprint density at radius 3 is 2.82 bits per heavy atom. The van der Waals surface area contributed by atoms with Gasteiger partial charge in [-0.1, -0.05) is 6.07 Å². The lowest BCUT2D eigenvalue weighted by Gasteiger charge is -2.06. The van der Waals surface area contributed by atoms with Gasteiger partial charge in [-0.2, -0.15) is 10.2 Å². The van der Waals surface area contributed by atoms with Gasteiger partial charge < -0.3 is 10.1 Å². The third-order valence-electron chi connectivity index (χ3n) is 4.10. The Balaban J connectivity index is 1.59.